The molecule has 0 aliphatic rings. The van der Waals surface area contributed by atoms with Gasteiger partial charge in [0.05, 0.1) is 13.3 Å². The summed E-state index contributed by atoms with van der Waals surface area (Å²) in [6.45, 7) is -1.42. The van der Waals surface area contributed by atoms with E-state index in [0.29, 0.717) is 21.9 Å². The number of methoxy groups -OCH3 is 1. The predicted octanol–water partition coefficient (Wildman–Crippen LogP) is 4.35. The van der Waals surface area contributed by atoms with Crippen molar-refractivity contribution >= 4 is 11.6 Å². The van der Waals surface area contributed by atoms with Crippen LogP contribution in [0.1, 0.15) is 0 Å². The molecule has 2 rings (SSSR count). The molecule has 0 unspecified atom stereocenters. The molecule has 0 aliphatic carbocycles. The van der Waals surface area contributed by atoms with Gasteiger partial charge in [0, 0.05) is 10.6 Å². The van der Waals surface area contributed by atoms with E-state index in [-0.39, 0.29) is 5.88 Å². The summed E-state index contributed by atoms with van der Waals surface area (Å²) < 4.78 is 46.7. The number of aromatic nitrogens is 1. The lowest BCUT2D eigenvalue weighted by Crippen LogP contribution is -2.20. The average Bonchev–Trinajstić information content (AvgIpc) is 2.44. The maximum Gasteiger partial charge on any atom is 0.422 e. The first-order valence-electron chi connectivity index (χ1n) is 5.88. The molecule has 0 N–H and O–H groups in total. The minimum Gasteiger partial charge on any atom is -0.495 e. The van der Waals surface area contributed by atoms with E-state index in [1.165, 1.54) is 13.3 Å². The zero-order valence-electron chi connectivity index (χ0n) is 10.9. The highest BCUT2D eigenvalue weighted by Crippen LogP contribution is 2.33. The van der Waals surface area contributed by atoms with Crippen molar-refractivity contribution in [3.63, 3.8) is 0 Å². The number of alkyl halides is 3. The fourth-order valence-electron chi connectivity index (χ4n) is 1.67. The fourth-order valence-corrected chi connectivity index (χ4v) is 1.86. The van der Waals surface area contributed by atoms with Gasteiger partial charge in [-0.3, -0.25) is 0 Å². The molecule has 0 aliphatic heterocycles. The number of nitrogens with zero attached hydrogens (tertiary/aromatic N) is 1. The molecule has 1 heterocycles. The van der Waals surface area contributed by atoms with Crippen LogP contribution < -0.4 is 9.47 Å². The second kappa shape index (κ2) is 6.22. The molecule has 1 aromatic carbocycles. The van der Waals surface area contributed by atoms with E-state index in [1.54, 1.807) is 30.3 Å². The largest absolute Gasteiger partial charge is 0.495 e. The zero-order chi connectivity index (χ0) is 15.5. The topological polar surface area (TPSA) is 31.4 Å². The van der Waals surface area contributed by atoms with Gasteiger partial charge in [-0.2, -0.15) is 13.2 Å². The summed E-state index contributed by atoms with van der Waals surface area (Å²) in [4.78, 5) is 3.87. The first kappa shape index (κ1) is 15.4. The Morgan fingerprint density at radius 3 is 2.62 bits per heavy atom. The molecular weight excluding hydrogens is 307 g/mol. The molecule has 21 heavy (non-hydrogen) atoms. The molecular formula is C14H11ClF3NO2. The lowest BCUT2D eigenvalue weighted by molar-refractivity contribution is -0.154. The van der Waals surface area contributed by atoms with Crippen LogP contribution in [0.5, 0.6) is 11.6 Å². The number of benzene rings is 1. The van der Waals surface area contributed by atoms with Crippen molar-refractivity contribution in [3.05, 3.63) is 41.6 Å². The summed E-state index contributed by atoms with van der Waals surface area (Å²) in [5.41, 5.74) is 0.965. The standard InChI is InChI=1S/C14H11ClF3NO2/c1-20-11-6-12(9-3-2-4-10(15)5-9)13(19-7-11)21-8-14(16,17)18/h2-7H,8H2,1H3. The molecule has 0 bridgehead atoms. The van der Waals surface area contributed by atoms with E-state index in [1.807, 2.05) is 0 Å². The van der Waals surface area contributed by atoms with E-state index < -0.39 is 12.8 Å². The Kier molecular flexibility index (Phi) is 4.57. The summed E-state index contributed by atoms with van der Waals surface area (Å²) in [7, 11) is 1.44. The highest BCUT2D eigenvalue weighted by molar-refractivity contribution is 6.30. The number of rotatable bonds is 4. The Morgan fingerprint density at radius 1 is 1.24 bits per heavy atom. The fraction of sp³-hybridized carbons (Fsp3) is 0.214. The van der Waals surface area contributed by atoms with Gasteiger partial charge in [-0.25, -0.2) is 4.98 Å². The Labute approximate surface area is 124 Å². The van der Waals surface area contributed by atoms with Crippen molar-refractivity contribution in [1.29, 1.82) is 0 Å². The van der Waals surface area contributed by atoms with Gasteiger partial charge in [-0.15, -0.1) is 0 Å². The van der Waals surface area contributed by atoms with Gasteiger partial charge in [-0.05, 0) is 23.8 Å². The quantitative estimate of drug-likeness (QED) is 0.840. The molecule has 0 radical (unpaired) electrons. The predicted molar refractivity (Wildman–Crippen MR) is 72.8 cm³/mol. The van der Waals surface area contributed by atoms with E-state index in [2.05, 4.69) is 4.98 Å². The van der Waals surface area contributed by atoms with Crippen LogP contribution in [-0.2, 0) is 0 Å². The van der Waals surface area contributed by atoms with Crippen molar-refractivity contribution in [2.24, 2.45) is 0 Å². The molecule has 7 heteroatoms. The van der Waals surface area contributed by atoms with Crippen LogP contribution in [0.15, 0.2) is 36.5 Å². The normalized spacial score (nSPS) is 11.3. The first-order chi connectivity index (χ1) is 9.89. The number of hydrogen-bond acceptors (Lipinski definition) is 3. The van der Waals surface area contributed by atoms with Crippen LogP contribution in [0.3, 0.4) is 0 Å². The van der Waals surface area contributed by atoms with E-state index in [9.17, 15) is 13.2 Å². The lowest BCUT2D eigenvalue weighted by Gasteiger charge is -2.13. The molecule has 0 saturated carbocycles. The smallest absolute Gasteiger partial charge is 0.422 e. The third kappa shape index (κ3) is 4.26. The Balaban J connectivity index is 2.40. The van der Waals surface area contributed by atoms with Crippen molar-refractivity contribution in [1.82, 2.24) is 4.98 Å². The second-order valence-electron chi connectivity index (χ2n) is 4.14. The molecule has 0 saturated heterocycles. The van der Waals surface area contributed by atoms with Crippen LogP contribution >= 0.6 is 11.6 Å². The third-order valence-electron chi connectivity index (χ3n) is 2.57. The highest BCUT2D eigenvalue weighted by Gasteiger charge is 2.29. The molecule has 0 spiro atoms. The second-order valence-corrected chi connectivity index (χ2v) is 4.58. The monoisotopic (exact) mass is 317 g/mol. The molecule has 3 nitrogen and oxygen atoms in total. The zero-order valence-corrected chi connectivity index (χ0v) is 11.7. The minimum atomic E-state index is -4.44. The molecule has 0 fully saturated rings. The Bertz CT molecular complexity index is 632. The number of pyridine rings is 1. The van der Waals surface area contributed by atoms with Gasteiger partial charge in [0.2, 0.25) is 5.88 Å². The van der Waals surface area contributed by atoms with Gasteiger partial charge in [0.1, 0.15) is 5.75 Å². The number of ether oxygens (including phenoxy) is 2. The summed E-state index contributed by atoms with van der Waals surface area (Å²) in [5, 5.41) is 0.456. The van der Waals surface area contributed by atoms with Crippen LogP contribution in [0.2, 0.25) is 5.02 Å². The summed E-state index contributed by atoms with van der Waals surface area (Å²) in [6, 6.07) is 8.20. The van der Waals surface area contributed by atoms with Crippen molar-refractivity contribution in [2.45, 2.75) is 6.18 Å². The number of hydrogen-bond donors (Lipinski definition) is 0. The van der Waals surface area contributed by atoms with Crippen LogP contribution in [-0.4, -0.2) is 24.9 Å². The Hall–Kier alpha value is -1.95. The molecule has 0 amide bonds. The van der Waals surface area contributed by atoms with Gasteiger partial charge >= 0.3 is 6.18 Å². The van der Waals surface area contributed by atoms with E-state index >= 15 is 0 Å². The van der Waals surface area contributed by atoms with Gasteiger partial charge < -0.3 is 9.47 Å². The molecule has 1 aromatic heterocycles. The minimum absolute atomic E-state index is 0.129. The Morgan fingerprint density at radius 2 is 2.00 bits per heavy atom. The van der Waals surface area contributed by atoms with Crippen molar-refractivity contribution in [2.75, 3.05) is 13.7 Å². The van der Waals surface area contributed by atoms with E-state index in [4.69, 9.17) is 21.1 Å². The van der Waals surface area contributed by atoms with Gasteiger partial charge in [0.25, 0.3) is 0 Å². The van der Waals surface area contributed by atoms with Crippen molar-refractivity contribution < 1.29 is 22.6 Å². The van der Waals surface area contributed by atoms with Gasteiger partial charge in [0.15, 0.2) is 6.61 Å². The first-order valence-corrected chi connectivity index (χ1v) is 6.26. The van der Waals surface area contributed by atoms with Gasteiger partial charge in [-0.1, -0.05) is 23.7 Å². The van der Waals surface area contributed by atoms with E-state index in [0.717, 1.165) is 0 Å². The maximum absolute atomic E-state index is 12.3. The molecule has 112 valence electrons. The molecule has 2 aromatic rings. The average molecular weight is 318 g/mol. The van der Waals surface area contributed by atoms with Crippen LogP contribution in [0.4, 0.5) is 13.2 Å². The maximum atomic E-state index is 12.3. The van der Waals surface area contributed by atoms with Crippen LogP contribution in [0.25, 0.3) is 11.1 Å². The third-order valence-corrected chi connectivity index (χ3v) is 2.81. The number of halogens is 4. The van der Waals surface area contributed by atoms with Crippen LogP contribution in [0, 0.1) is 0 Å². The summed E-state index contributed by atoms with van der Waals surface area (Å²) >= 11 is 5.90. The molecule has 0 atom stereocenters. The van der Waals surface area contributed by atoms with Crippen molar-refractivity contribution in [3.8, 4) is 22.8 Å². The summed E-state index contributed by atoms with van der Waals surface area (Å²) in [6.07, 6.45) is -3.15. The highest BCUT2D eigenvalue weighted by atomic mass is 35.5. The summed E-state index contributed by atoms with van der Waals surface area (Å²) in [5.74, 6) is 0.278. The SMILES string of the molecule is COc1cnc(OCC(F)(F)F)c(-c2cccc(Cl)c2)c1. The lowest BCUT2D eigenvalue weighted by atomic mass is 10.1.